The summed E-state index contributed by atoms with van der Waals surface area (Å²) in [6.07, 6.45) is 5.20. The maximum absolute atomic E-state index is 5.70. The Morgan fingerprint density at radius 3 is 2.88 bits per heavy atom. The van der Waals surface area contributed by atoms with Crippen molar-refractivity contribution in [3.63, 3.8) is 0 Å². The monoisotopic (exact) mass is 218 g/mol. The van der Waals surface area contributed by atoms with Crippen LogP contribution in [0.1, 0.15) is 11.3 Å². The molecule has 0 atom stereocenters. The van der Waals surface area contributed by atoms with Gasteiger partial charge in [-0.25, -0.2) is 0 Å². The van der Waals surface area contributed by atoms with Gasteiger partial charge in [0.15, 0.2) is 5.75 Å². The van der Waals surface area contributed by atoms with Crippen LogP contribution in [0.5, 0.6) is 11.5 Å². The van der Waals surface area contributed by atoms with Crippen LogP contribution in [0.3, 0.4) is 0 Å². The van der Waals surface area contributed by atoms with Crippen LogP contribution < -0.4 is 10.5 Å². The number of nitrogens with two attached hydrogens (primary N) is 1. The van der Waals surface area contributed by atoms with Gasteiger partial charge in [-0.1, -0.05) is 0 Å². The topological polar surface area (TPSA) is 66.0 Å². The number of nitrogens with zero attached hydrogens (tertiary/aromatic N) is 3. The third kappa shape index (κ3) is 2.20. The van der Waals surface area contributed by atoms with Crippen molar-refractivity contribution in [3.05, 3.63) is 35.9 Å². The molecule has 0 saturated heterocycles. The number of hydrogen-bond acceptors (Lipinski definition) is 4. The van der Waals surface area contributed by atoms with Crippen LogP contribution in [0.2, 0.25) is 0 Å². The number of pyridine rings is 1. The molecular weight excluding hydrogens is 204 g/mol. The molecular formula is C11H14N4O. The summed E-state index contributed by atoms with van der Waals surface area (Å²) < 4.78 is 7.38. The fourth-order valence-electron chi connectivity index (χ4n) is 1.39. The highest BCUT2D eigenvalue weighted by molar-refractivity contribution is 5.36. The van der Waals surface area contributed by atoms with E-state index in [4.69, 9.17) is 10.5 Å². The molecule has 16 heavy (non-hydrogen) atoms. The summed E-state index contributed by atoms with van der Waals surface area (Å²) in [5, 5.41) is 4.04. The molecule has 0 aliphatic rings. The lowest BCUT2D eigenvalue weighted by Crippen LogP contribution is -2.00. The molecule has 2 N–H and O–H groups in total. The van der Waals surface area contributed by atoms with Crippen molar-refractivity contribution < 1.29 is 4.74 Å². The first-order valence-electron chi connectivity index (χ1n) is 5.01. The molecule has 0 bridgehead atoms. The van der Waals surface area contributed by atoms with Crippen LogP contribution in [0.4, 0.5) is 0 Å². The quantitative estimate of drug-likeness (QED) is 0.845. The number of hydrogen-bond donors (Lipinski definition) is 1. The van der Waals surface area contributed by atoms with E-state index in [-0.39, 0.29) is 0 Å². The summed E-state index contributed by atoms with van der Waals surface area (Å²) in [6, 6.07) is 1.87. The third-order valence-corrected chi connectivity index (χ3v) is 2.21. The normalized spacial score (nSPS) is 10.4. The molecule has 0 radical (unpaired) electrons. The lowest BCUT2D eigenvalue weighted by Gasteiger charge is -2.08. The predicted octanol–water partition coefficient (Wildman–Crippen LogP) is 1.37. The van der Waals surface area contributed by atoms with Crippen LogP contribution in [0, 0.1) is 6.92 Å². The molecule has 0 unspecified atom stereocenters. The van der Waals surface area contributed by atoms with Crippen molar-refractivity contribution >= 4 is 0 Å². The van der Waals surface area contributed by atoms with E-state index in [2.05, 4.69) is 10.1 Å². The molecule has 0 amide bonds. The summed E-state index contributed by atoms with van der Waals surface area (Å²) in [5.74, 6) is 1.44. The predicted molar refractivity (Wildman–Crippen MR) is 60.1 cm³/mol. The van der Waals surface area contributed by atoms with Crippen molar-refractivity contribution in [1.82, 2.24) is 14.8 Å². The molecule has 0 saturated carbocycles. The average Bonchev–Trinajstić information content (AvgIpc) is 2.64. The zero-order valence-corrected chi connectivity index (χ0v) is 9.34. The standard InChI is InChI=1S/C11H14N4O/c1-8-3-11(9(4-12)5-13-8)16-10-6-14-15(2)7-10/h3,5-7H,4,12H2,1-2H3. The lowest BCUT2D eigenvalue weighted by molar-refractivity contribution is 0.474. The van der Waals surface area contributed by atoms with E-state index in [1.807, 2.05) is 20.0 Å². The summed E-state index contributed by atoms with van der Waals surface area (Å²) >= 11 is 0. The van der Waals surface area contributed by atoms with Crippen LogP contribution in [0.15, 0.2) is 24.7 Å². The Morgan fingerprint density at radius 1 is 1.44 bits per heavy atom. The van der Waals surface area contributed by atoms with E-state index in [1.165, 1.54) is 0 Å². The Bertz CT molecular complexity index is 492. The molecule has 0 aliphatic heterocycles. The molecule has 2 aromatic heterocycles. The van der Waals surface area contributed by atoms with Gasteiger partial charge in [0.2, 0.25) is 0 Å². The molecule has 5 heteroatoms. The van der Waals surface area contributed by atoms with Gasteiger partial charge in [0.25, 0.3) is 0 Å². The molecule has 2 heterocycles. The van der Waals surface area contributed by atoms with Crippen LogP contribution in [-0.2, 0) is 13.6 Å². The van der Waals surface area contributed by atoms with Gasteiger partial charge in [0, 0.05) is 37.1 Å². The van der Waals surface area contributed by atoms with E-state index in [9.17, 15) is 0 Å². The zero-order chi connectivity index (χ0) is 11.5. The van der Waals surface area contributed by atoms with Crippen molar-refractivity contribution in [1.29, 1.82) is 0 Å². The minimum Gasteiger partial charge on any atom is -0.454 e. The summed E-state index contributed by atoms with van der Waals surface area (Å²) in [4.78, 5) is 4.18. The Balaban J connectivity index is 2.29. The largest absolute Gasteiger partial charge is 0.454 e. The van der Waals surface area contributed by atoms with E-state index in [1.54, 1.807) is 23.3 Å². The van der Waals surface area contributed by atoms with Crippen molar-refractivity contribution in [2.75, 3.05) is 0 Å². The van der Waals surface area contributed by atoms with E-state index in [0.717, 1.165) is 17.0 Å². The second kappa shape index (κ2) is 4.32. The zero-order valence-electron chi connectivity index (χ0n) is 9.34. The summed E-state index contributed by atoms with van der Waals surface area (Å²) in [6.45, 7) is 2.32. The molecule has 0 fully saturated rings. The first kappa shape index (κ1) is 10.6. The second-order valence-electron chi connectivity index (χ2n) is 3.59. The molecule has 5 nitrogen and oxygen atoms in total. The number of aryl methyl sites for hydroxylation is 2. The minimum atomic E-state index is 0.406. The van der Waals surface area contributed by atoms with Gasteiger partial charge in [-0.3, -0.25) is 9.67 Å². The van der Waals surface area contributed by atoms with Crippen molar-refractivity contribution in [2.45, 2.75) is 13.5 Å². The van der Waals surface area contributed by atoms with Crippen LogP contribution in [0.25, 0.3) is 0 Å². The average molecular weight is 218 g/mol. The SMILES string of the molecule is Cc1cc(Oc2cnn(C)c2)c(CN)cn1. The van der Waals surface area contributed by atoms with Gasteiger partial charge in [-0.15, -0.1) is 0 Å². The van der Waals surface area contributed by atoms with Gasteiger partial charge in [-0.05, 0) is 6.92 Å². The maximum atomic E-state index is 5.70. The smallest absolute Gasteiger partial charge is 0.165 e. The Morgan fingerprint density at radius 2 is 2.25 bits per heavy atom. The van der Waals surface area contributed by atoms with Crippen molar-refractivity contribution in [3.8, 4) is 11.5 Å². The molecule has 2 rings (SSSR count). The van der Waals surface area contributed by atoms with Crippen LogP contribution in [-0.4, -0.2) is 14.8 Å². The van der Waals surface area contributed by atoms with Gasteiger partial charge in [0.1, 0.15) is 5.75 Å². The van der Waals surface area contributed by atoms with Crippen LogP contribution >= 0.6 is 0 Å². The Labute approximate surface area is 93.9 Å². The van der Waals surface area contributed by atoms with Gasteiger partial charge >= 0.3 is 0 Å². The molecule has 84 valence electrons. The summed E-state index contributed by atoms with van der Waals surface area (Å²) in [5.41, 5.74) is 7.40. The van der Waals surface area contributed by atoms with Gasteiger partial charge < -0.3 is 10.5 Å². The fourth-order valence-corrected chi connectivity index (χ4v) is 1.39. The molecule has 0 aromatic carbocycles. The second-order valence-corrected chi connectivity index (χ2v) is 3.59. The van der Waals surface area contributed by atoms with E-state index < -0.39 is 0 Å². The Kier molecular flexibility index (Phi) is 2.87. The third-order valence-electron chi connectivity index (χ3n) is 2.21. The maximum Gasteiger partial charge on any atom is 0.165 e. The highest BCUT2D eigenvalue weighted by Crippen LogP contribution is 2.24. The number of aromatic nitrogens is 3. The lowest BCUT2D eigenvalue weighted by atomic mass is 10.2. The molecule has 2 aromatic rings. The summed E-state index contributed by atoms with van der Waals surface area (Å²) in [7, 11) is 1.84. The number of rotatable bonds is 3. The highest BCUT2D eigenvalue weighted by Gasteiger charge is 2.06. The first-order chi connectivity index (χ1) is 7.69. The first-order valence-corrected chi connectivity index (χ1v) is 5.01. The van der Waals surface area contributed by atoms with Crippen molar-refractivity contribution in [2.24, 2.45) is 12.8 Å². The van der Waals surface area contributed by atoms with E-state index in [0.29, 0.717) is 12.3 Å². The van der Waals surface area contributed by atoms with Gasteiger partial charge in [0.05, 0.1) is 12.4 Å². The van der Waals surface area contributed by atoms with E-state index >= 15 is 0 Å². The highest BCUT2D eigenvalue weighted by atomic mass is 16.5. The number of ether oxygens (including phenoxy) is 1. The molecule has 0 spiro atoms. The van der Waals surface area contributed by atoms with Gasteiger partial charge in [-0.2, -0.15) is 5.10 Å². The minimum absolute atomic E-state index is 0.406. The molecule has 0 aliphatic carbocycles. The fraction of sp³-hybridized carbons (Fsp3) is 0.273. The Hall–Kier alpha value is -1.88.